The molecule has 0 spiro atoms. The van der Waals surface area contributed by atoms with Crippen molar-refractivity contribution in [2.45, 2.75) is 4.90 Å². The summed E-state index contributed by atoms with van der Waals surface area (Å²) in [5, 5.41) is 0. The average molecular weight is 189 g/mol. The van der Waals surface area contributed by atoms with Crippen LogP contribution in [0.3, 0.4) is 0 Å². The van der Waals surface area contributed by atoms with Gasteiger partial charge in [-0.1, -0.05) is 12.1 Å². The quantitative estimate of drug-likeness (QED) is 0.659. The molecule has 12 heavy (non-hydrogen) atoms. The van der Waals surface area contributed by atoms with Gasteiger partial charge in [0, 0.05) is 0 Å². The van der Waals surface area contributed by atoms with E-state index < -0.39 is 20.8 Å². The molecule has 1 radical (unpaired) electrons. The molecule has 0 bridgehead atoms. The Morgan fingerprint density at radius 2 is 1.92 bits per heavy atom. The normalized spacial score (nSPS) is 11.5. The molecule has 0 aromatic heterocycles. The third kappa shape index (κ3) is 1.62. The summed E-state index contributed by atoms with van der Waals surface area (Å²) in [5.41, 5.74) is 0. The maximum Gasteiger partial charge on any atom is 0.299 e. The molecule has 1 aromatic carbocycles. The fourth-order valence-corrected chi connectivity index (χ4v) is 1.39. The van der Waals surface area contributed by atoms with Gasteiger partial charge in [0.1, 0.15) is 10.7 Å². The minimum atomic E-state index is -4.01. The smallest absolute Gasteiger partial charge is 0.264 e. The summed E-state index contributed by atoms with van der Waals surface area (Å²) < 4.78 is 38.5. The van der Waals surface area contributed by atoms with E-state index in [0.29, 0.717) is 0 Å². The number of hydrogen-bond acceptors (Lipinski definition) is 3. The first kappa shape index (κ1) is 9.15. The minimum absolute atomic E-state index is 0.500. The summed E-state index contributed by atoms with van der Waals surface area (Å²) in [4.78, 5) is -0.500. The number of benzene rings is 1. The molecule has 0 fully saturated rings. The van der Waals surface area contributed by atoms with Crippen LogP contribution in [0.1, 0.15) is 0 Å². The molecule has 0 amide bonds. The molecule has 0 heterocycles. The molecule has 0 aliphatic heterocycles. The van der Waals surface area contributed by atoms with Crippen LogP contribution in [0.15, 0.2) is 29.2 Å². The Hall–Kier alpha value is -0.940. The Kier molecular flexibility index (Phi) is 2.44. The molecule has 65 valence electrons. The van der Waals surface area contributed by atoms with Crippen molar-refractivity contribution in [2.24, 2.45) is 0 Å². The molecule has 1 rings (SSSR count). The van der Waals surface area contributed by atoms with Gasteiger partial charge in [-0.05, 0) is 12.1 Å². The number of rotatable bonds is 2. The second-order valence-electron chi connectivity index (χ2n) is 2.00. The second-order valence-corrected chi connectivity index (χ2v) is 3.59. The highest BCUT2D eigenvalue weighted by atomic mass is 32.2. The lowest BCUT2D eigenvalue weighted by Crippen LogP contribution is -2.03. The van der Waals surface area contributed by atoms with Gasteiger partial charge < -0.3 is 0 Å². The van der Waals surface area contributed by atoms with Crippen molar-refractivity contribution in [1.29, 1.82) is 0 Å². The second kappa shape index (κ2) is 3.20. The summed E-state index contributed by atoms with van der Waals surface area (Å²) in [6.07, 6.45) is 0. The molecule has 3 nitrogen and oxygen atoms in total. The van der Waals surface area contributed by atoms with Crippen LogP contribution in [0, 0.1) is 12.9 Å². The van der Waals surface area contributed by atoms with Gasteiger partial charge in [-0.2, -0.15) is 8.42 Å². The van der Waals surface area contributed by atoms with E-state index in [4.69, 9.17) is 0 Å². The fraction of sp³-hybridized carbons (Fsp3) is 0. The van der Waals surface area contributed by atoms with Gasteiger partial charge in [-0.15, -0.1) is 0 Å². The molecule has 0 saturated heterocycles. The SMILES string of the molecule is [CH2]OS(=O)(=O)c1ccccc1F. The lowest BCUT2D eigenvalue weighted by Gasteiger charge is -2.00. The van der Waals surface area contributed by atoms with Gasteiger partial charge in [0.2, 0.25) is 0 Å². The van der Waals surface area contributed by atoms with Crippen molar-refractivity contribution in [3.63, 3.8) is 0 Å². The van der Waals surface area contributed by atoms with E-state index in [9.17, 15) is 12.8 Å². The highest BCUT2D eigenvalue weighted by Crippen LogP contribution is 2.15. The van der Waals surface area contributed by atoms with Gasteiger partial charge in [-0.25, -0.2) is 4.39 Å². The Labute approximate surface area is 69.9 Å². The largest absolute Gasteiger partial charge is 0.299 e. The lowest BCUT2D eigenvalue weighted by molar-refractivity contribution is 0.431. The molecular formula is C7H6FO3S. The van der Waals surface area contributed by atoms with Crippen LogP contribution in [-0.4, -0.2) is 8.42 Å². The average Bonchev–Trinajstić information content (AvgIpc) is 2.05. The van der Waals surface area contributed by atoms with Crippen molar-refractivity contribution in [2.75, 3.05) is 0 Å². The van der Waals surface area contributed by atoms with Crippen molar-refractivity contribution in [1.82, 2.24) is 0 Å². The van der Waals surface area contributed by atoms with Crippen LogP contribution >= 0.6 is 0 Å². The standard InChI is InChI=1S/C7H6FO3S/c1-11-12(9,10)7-5-3-2-4-6(7)8/h2-5H,1H2. The molecule has 0 aliphatic carbocycles. The van der Waals surface area contributed by atoms with E-state index >= 15 is 0 Å². The van der Waals surface area contributed by atoms with Crippen LogP contribution in [-0.2, 0) is 14.3 Å². The molecule has 0 unspecified atom stereocenters. The topological polar surface area (TPSA) is 43.4 Å². The molecule has 0 N–H and O–H groups in total. The Balaban J connectivity index is 3.30. The van der Waals surface area contributed by atoms with Crippen molar-refractivity contribution < 1.29 is 17.0 Å². The summed E-state index contributed by atoms with van der Waals surface area (Å²) in [7, 11) is -1.29. The zero-order chi connectivity index (χ0) is 9.19. The highest BCUT2D eigenvalue weighted by Gasteiger charge is 2.16. The van der Waals surface area contributed by atoms with Crippen LogP contribution < -0.4 is 0 Å². The Bertz CT molecular complexity index is 372. The number of hydrogen-bond donors (Lipinski definition) is 0. The van der Waals surface area contributed by atoms with E-state index in [0.717, 1.165) is 12.1 Å². The first-order valence-corrected chi connectivity index (χ1v) is 4.42. The van der Waals surface area contributed by atoms with Crippen LogP contribution in [0.4, 0.5) is 4.39 Å². The zero-order valence-electron chi connectivity index (χ0n) is 6.03. The van der Waals surface area contributed by atoms with Crippen LogP contribution in [0.25, 0.3) is 0 Å². The summed E-state index contributed by atoms with van der Waals surface area (Å²) in [6.45, 7) is 0. The first-order chi connectivity index (χ1) is 5.58. The zero-order valence-corrected chi connectivity index (χ0v) is 6.84. The maximum atomic E-state index is 12.8. The van der Waals surface area contributed by atoms with Crippen molar-refractivity contribution >= 4 is 10.1 Å². The molecule has 1 aromatic rings. The van der Waals surface area contributed by atoms with E-state index in [2.05, 4.69) is 11.3 Å². The van der Waals surface area contributed by atoms with Gasteiger partial charge in [-0.3, -0.25) is 4.18 Å². The monoisotopic (exact) mass is 189 g/mol. The summed E-state index contributed by atoms with van der Waals surface area (Å²) in [6, 6.07) is 4.92. The molecule has 0 atom stereocenters. The molecular weight excluding hydrogens is 183 g/mol. The third-order valence-corrected chi connectivity index (χ3v) is 2.44. The van der Waals surface area contributed by atoms with Gasteiger partial charge in [0.15, 0.2) is 0 Å². The molecule has 0 aliphatic rings. The van der Waals surface area contributed by atoms with E-state index in [1.54, 1.807) is 0 Å². The van der Waals surface area contributed by atoms with E-state index in [1.165, 1.54) is 12.1 Å². The third-order valence-electron chi connectivity index (χ3n) is 1.26. The first-order valence-electron chi connectivity index (χ1n) is 3.01. The van der Waals surface area contributed by atoms with Gasteiger partial charge >= 0.3 is 0 Å². The Morgan fingerprint density at radius 1 is 1.33 bits per heavy atom. The predicted octanol–water partition coefficient (Wildman–Crippen LogP) is 1.32. The summed E-state index contributed by atoms with van der Waals surface area (Å²) >= 11 is 0. The Morgan fingerprint density at radius 3 is 2.42 bits per heavy atom. The number of halogens is 1. The van der Waals surface area contributed by atoms with Crippen molar-refractivity contribution in [3.8, 4) is 0 Å². The van der Waals surface area contributed by atoms with E-state index in [1.807, 2.05) is 0 Å². The van der Waals surface area contributed by atoms with Crippen LogP contribution in [0.5, 0.6) is 0 Å². The van der Waals surface area contributed by atoms with E-state index in [-0.39, 0.29) is 0 Å². The van der Waals surface area contributed by atoms with Gasteiger partial charge in [0.25, 0.3) is 10.1 Å². The molecule has 5 heteroatoms. The highest BCUT2D eigenvalue weighted by molar-refractivity contribution is 7.86. The van der Waals surface area contributed by atoms with Crippen molar-refractivity contribution in [3.05, 3.63) is 37.2 Å². The fourth-order valence-electron chi connectivity index (χ4n) is 0.711. The maximum absolute atomic E-state index is 12.8. The summed E-state index contributed by atoms with van der Waals surface area (Å²) in [5.74, 6) is -0.846. The molecule has 0 saturated carbocycles. The lowest BCUT2D eigenvalue weighted by atomic mass is 10.4. The van der Waals surface area contributed by atoms with Gasteiger partial charge in [0.05, 0.1) is 7.11 Å². The predicted molar refractivity (Wildman–Crippen MR) is 40.0 cm³/mol. The minimum Gasteiger partial charge on any atom is -0.264 e. The van der Waals surface area contributed by atoms with Crippen LogP contribution in [0.2, 0.25) is 0 Å².